The molecule has 1 fully saturated rings. The van der Waals surface area contributed by atoms with E-state index in [1.165, 1.54) is 19.3 Å². The van der Waals surface area contributed by atoms with Crippen LogP contribution < -0.4 is 9.64 Å². The molecule has 0 saturated heterocycles. The first-order chi connectivity index (χ1) is 19.0. The smallest absolute Gasteiger partial charge is 0.421 e. The molecule has 2 aromatic heterocycles. The van der Waals surface area contributed by atoms with Gasteiger partial charge in [0.1, 0.15) is 5.56 Å². The van der Waals surface area contributed by atoms with Gasteiger partial charge in [0.05, 0.1) is 36.9 Å². The molecular formula is C26H24F5N5O4. The minimum Gasteiger partial charge on any atom is -0.438 e. The number of esters is 1. The van der Waals surface area contributed by atoms with Crippen LogP contribution in [0.3, 0.4) is 0 Å². The van der Waals surface area contributed by atoms with Gasteiger partial charge in [-0.15, -0.1) is 0 Å². The number of ether oxygens (including phenoxy) is 2. The molecule has 212 valence electrons. The van der Waals surface area contributed by atoms with Gasteiger partial charge in [0.25, 0.3) is 0 Å². The van der Waals surface area contributed by atoms with Crippen LogP contribution in [0.5, 0.6) is 11.6 Å². The Balaban J connectivity index is 1.45. The van der Waals surface area contributed by atoms with Crippen molar-refractivity contribution in [1.82, 2.24) is 20.0 Å². The molecule has 40 heavy (non-hydrogen) atoms. The minimum atomic E-state index is -4.90. The normalized spacial score (nSPS) is 21.1. The van der Waals surface area contributed by atoms with Crippen LogP contribution in [0, 0.1) is 17.7 Å². The van der Waals surface area contributed by atoms with Crippen LogP contribution in [0.2, 0.25) is 0 Å². The Bertz CT molecular complexity index is 1410. The zero-order chi connectivity index (χ0) is 28.6. The third-order valence-electron chi connectivity index (χ3n) is 7.03. The van der Waals surface area contributed by atoms with E-state index in [1.54, 1.807) is 0 Å². The second-order valence-electron chi connectivity index (χ2n) is 9.74. The van der Waals surface area contributed by atoms with Gasteiger partial charge in [-0.2, -0.15) is 28.2 Å². The maximum atomic E-state index is 15.3. The van der Waals surface area contributed by atoms with Crippen molar-refractivity contribution in [3.63, 3.8) is 0 Å². The second-order valence-corrected chi connectivity index (χ2v) is 9.74. The number of carbonyl (C=O) groups is 2. The summed E-state index contributed by atoms with van der Waals surface area (Å²) < 4.78 is 80.4. The Morgan fingerprint density at radius 3 is 2.48 bits per heavy atom. The predicted octanol–water partition coefficient (Wildman–Crippen LogP) is 5.30. The fourth-order valence-corrected chi connectivity index (χ4v) is 4.97. The van der Waals surface area contributed by atoms with Crippen LogP contribution in [0.4, 0.5) is 27.6 Å². The Labute approximate surface area is 224 Å². The number of fused-ring (bicyclic) bond motifs is 1. The topological polar surface area (TPSA) is 99.4 Å². The molecule has 5 rings (SSSR count). The third kappa shape index (κ3) is 5.47. The van der Waals surface area contributed by atoms with E-state index in [0.717, 1.165) is 34.1 Å². The number of amides is 1. The maximum Gasteiger partial charge on any atom is 0.421 e. The highest BCUT2D eigenvalue weighted by Gasteiger charge is 2.40. The molecule has 0 bridgehead atoms. The molecule has 0 radical (unpaired) electrons. The van der Waals surface area contributed by atoms with Gasteiger partial charge in [0.15, 0.2) is 17.8 Å². The number of benzene rings is 1. The summed E-state index contributed by atoms with van der Waals surface area (Å²) in [5.41, 5.74) is -1.49. The van der Waals surface area contributed by atoms with Crippen molar-refractivity contribution in [2.45, 2.75) is 51.6 Å². The van der Waals surface area contributed by atoms with E-state index in [9.17, 15) is 27.2 Å². The van der Waals surface area contributed by atoms with Gasteiger partial charge in [0.2, 0.25) is 11.8 Å². The predicted molar refractivity (Wildman–Crippen MR) is 129 cm³/mol. The number of alkyl halides is 4. The van der Waals surface area contributed by atoms with Crippen molar-refractivity contribution in [3.8, 4) is 11.6 Å². The van der Waals surface area contributed by atoms with Crippen LogP contribution in [-0.2, 0) is 22.3 Å². The molecule has 3 aromatic rings. The highest BCUT2D eigenvalue weighted by atomic mass is 19.4. The molecule has 1 saturated carbocycles. The van der Waals surface area contributed by atoms with E-state index in [4.69, 9.17) is 9.47 Å². The Morgan fingerprint density at radius 2 is 1.82 bits per heavy atom. The van der Waals surface area contributed by atoms with Crippen LogP contribution in [0.1, 0.15) is 54.1 Å². The summed E-state index contributed by atoms with van der Waals surface area (Å²) >= 11 is 0. The summed E-state index contributed by atoms with van der Waals surface area (Å²) in [6.45, 7) is 0.888. The fourth-order valence-electron chi connectivity index (χ4n) is 4.97. The SMILES string of the molecule is CC1OC(=O)c2cc(Oc3ncc(Cn4nccn4)cc3C(F)(F)F)c(F)cc2N1C(=O)C1CCC(CF)CC1. The fraction of sp³-hybridized carbons (Fsp3) is 0.423. The number of carbonyl (C=O) groups excluding carboxylic acids is 2. The molecule has 1 amide bonds. The molecule has 0 N–H and O–H groups in total. The summed E-state index contributed by atoms with van der Waals surface area (Å²) in [4.78, 5) is 32.1. The monoisotopic (exact) mass is 565 g/mol. The quantitative estimate of drug-likeness (QED) is 0.296. The number of nitrogens with zero attached hydrogens (tertiary/aromatic N) is 5. The summed E-state index contributed by atoms with van der Waals surface area (Å²) in [5, 5.41) is 7.69. The number of aromatic nitrogens is 4. The number of halogens is 5. The third-order valence-corrected chi connectivity index (χ3v) is 7.03. The molecule has 1 atom stereocenters. The average molecular weight is 565 g/mol. The number of hydrogen-bond acceptors (Lipinski definition) is 7. The number of anilines is 1. The van der Waals surface area contributed by atoms with Gasteiger partial charge in [-0.05, 0) is 50.2 Å². The first-order valence-electron chi connectivity index (χ1n) is 12.6. The van der Waals surface area contributed by atoms with Crippen LogP contribution >= 0.6 is 0 Å². The standard InChI is InChI=1S/C26H24F5N5O4/c1-14-36(24(37)17-4-2-15(11-27)3-5-17)21-10-20(28)22(9-18(21)25(38)39-14)40-23-19(26(29,30)31)8-16(12-32-23)13-35-33-6-7-34-35/h6-10,12,14-15,17H,2-5,11,13H2,1H3. The van der Waals surface area contributed by atoms with Crippen molar-refractivity contribution in [3.05, 3.63) is 59.3 Å². The van der Waals surface area contributed by atoms with Crippen molar-refractivity contribution < 1.29 is 41.0 Å². The average Bonchev–Trinajstić information content (AvgIpc) is 3.43. The molecule has 1 aliphatic carbocycles. The zero-order valence-corrected chi connectivity index (χ0v) is 21.2. The first kappa shape index (κ1) is 27.5. The lowest BCUT2D eigenvalue weighted by atomic mass is 9.81. The van der Waals surface area contributed by atoms with E-state index in [-0.39, 0.29) is 29.3 Å². The van der Waals surface area contributed by atoms with Gasteiger partial charge < -0.3 is 9.47 Å². The molecule has 0 spiro atoms. The minimum absolute atomic E-state index is 0.0858. The van der Waals surface area contributed by atoms with Crippen molar-refractivity contribution in [1.29, 1.82) is 0 Å². The van der Waals surface area contributed by atoms with Crippen LogP contribution in [-0.4, -0.2) is 44.8 Å². The van der Waals surface area contributed by atoms with E-state index >= 15 is 4.39 Å². The Morgan fingerprint density at radius 1 is 1.12 bits per heavy atom. The molecular weight excluding hydrogens is 541 g/mol. The lowest BCUT2D eigenvalue weighted by Crippen LogP contribution is -2.48. The number of rotatable bonds is 6. The maximum absolute atomic E-state index is 15.3. The summed E-state index contributed by atoms with van der Waals surface area (Å²) in [5.74, 6) is -4.64. The molecule has 3 heterocycles. The largest absolute Gasteiger partial charge is 0.438 e. The van der Waals surface area contributed by atoms with Gasteiger partial charge in [-0.25, -0.2) is 14.2 Å². The van der Waals surface area contributed by atoms with Crippen molar-refractivity contribution in [2.24, 2.45) is 11.8 Å². The molecule has 1 aromatic carbocycles. The molecule has 14 heteroatoms. The Kier molecular flexibility index (Phi) is 7.43. The Hall–Kier alpha value is -4.10. The highest BCUT2D eigenvalue weighted by molar-refractivity contribution is 6.06. The lowest BCUT2D eigenvalue weighted by molar-refractivity contribution is -0.139. The van der Waals surface area contributed by atoms with Crippen LogP contribution in [0.25, 0.3) is 0 Å². The molecule has 2 aliphatic rings. The van der Waals surface area contributed by atoms with Crippen LogP contribution in [0.15, 0.2) is 36.8 Å². The van der Waals surface area contributed by atoms with Gasteiger partial charge >= 0.3 is 12.1 Å². The van der Waals surface area contributed by atoms with Gasteiger partial charge in [0, 0.05) is 24.2 Å². The number of pyridine rings is 1. The zero-order valence-electron chi connectivity index (χ0n) is 21.2. The van der Waals surface area contributed by atoms with Crippen molar-refractivity contribution in [2.75, 3.05) is 11.6 Å². The first-order valence-corrected chi connectivity index (χ1v) is 12.6. The summed E-state index contributed by atoms with van der Waals surface area (Å²) in [6, 6.07) is 2.54. The van der Waals surface area contributed by atoms with E-state index in [1.807, 2.05) is 0 Å². The number of cyclic esters (lactones) is 1. The van der Waals surface area contributed by atoms with Crippen molar-refractivity contribution >= 4 is 17.6 Å². The molecule has 9 nitrogen and oxygen atoms in total. The second kappa shape index (κ2) is 10.8. The van der Waals surface area contributed by atoms with Gasteiger partial charge in [-0.3, -0.25) is 14.1 Å². The van der Waals surface area contributed by atoms with E-state index in [2.05, 4.69) is 15.2 Å². The number of hydrogen-bond donors (Lipinski definition) is 0. The highest BCUT2D eigenvalue weighted by Crippen LogP contribution is 2.41. The van der Waals surface area contributed by atoms with E-state index < -0.39 is 59.9 Å². The summed E-state index contributed by atoms with van der Waals surface area (Å²) in [6.07, 6.45) is -0.198. The summed E-state index contributed by atoms with van der Waals surface area (Å²) in [7, 11) is 0. The molecule has 1 aliphatic heterocycles. The lowest BCUT2D eigenvalue weighted by Gasteiger charge is -2.38. The molecule has 1 unspecified atom stereocenters. The van der Waals surface area contributed by atoms with Gasteiger partial charge in [-0.1, -0.05) is 0 Å². The van der Waals surface area contributed by atoms with E-state index in [0.29, 0.717) is 25.7 Å².